The molecular formula is C14H21NO2S. The summed E-state index contributed by atoms with van der Waals surface area (Å²) in [5.41, 5.74) is 0.448. The molecule has 0 spiro atoms. The first-order chi connectivity index (χ1) is 8.56. The second kappa shape index (κ2) is 5.41. The van der Waals surface area contributed by atoms with Crippen LogP contribution in [0.15, 0.2) is 11.4 Å². The molecular weight excluding hydrogens is 246 g/mol. The largest absolute Gasteiger partial charge is 0.388 e. The second-order valence-corrected chi connectivity index (χ2v) is 6.14. The van der Waals surface area contributed by atoms with E-state index in [2.05, 4.69) is 6.92 Å². The summed E-state index contributed by atoms with van der Waals surface area (Å²) in [6.07, 6.45) is 4.64. The highest BCUT2D eigenvalue weighted by atomic mass is 32.1. The lowest BCUT2D eigenvalue weighted by atomic mass is 10.0. The van der Waals surface area contributed by atoms with E-state index in [1.807, 2.05) is 11.4 Å². The van der Waals surface area contributed by atoms with Gasteiger partial charge in [0.05, 0.1) is 10.5 Å². The van der Waals surface area contributed by atoms with Gasteiger partial charge in [0, 0.05) is 13.6 Å². The Morgan fingerprint density at radius 1 is 1.50 bits per heavy atom. The minimum atomic E-state index is -0.659. The van der Waals surface area contributed by atoms with Gasteiger partial charge in [-0.3, -0.25) is 4.79 Å². The van der Waals surface area contributed by atoms with Gasteiger partial charge in [-0.25, -0.2) is 0 Å². The molecule has 100 valence electrons. The van der Waals surface area contributed by atoms with Crippen LogP contribution >= 0.6 is 11.3 Å². The SMILES string of the molecule is CCc1ccsc1C(=O)N(C)CC1(O)CCCC1. The maximum atomic E-state index is 12.3. The quantitative estimate of drug-likeness (QED) is 0.911. The van der Waals surface area contributed by atoms with E-state index in [1.54, 1.807) is 11.9 Å². The van der Waals surface area contributed by atoms with E-state index in [1.165, 1.54) is 11.3 Å². The normalized spacial score (nSPS) is 17.9. The summed E-state index contributed by atoms with van der Waals surface area (Å²) in [4.78, 5) is 14.8. The molecule has 1 saturated carbocycles. The Bertz CT molecular complexity index is 421. The molecule has 0 radical (unpaired) electrons. The number of aryl methyl sites for hydroxylation is 1. The topological polar surface area (TPSA) is 40.5 Å². The van der Waals surface area contributed by atoms with Crippen molar-refractivity contribution < 1.29 is 9.90 Å². The molecule has 3 nitrogen and oxygen atoms in total. The summed E-state index contributed by atoms with van der Waals surface area (Å²) in [5, 5.41) is 12.3. The lowest BCUT2D eigenvalue weighted by Crippen LogP contribution is -2.42. The maximum absolute atomic E-state index is 12.3. The van der Waals surface area contributed by atoms with Crippen molar-refractivity contribution in [1.82, 2.24) is 4.90 Å². The Balaban J connectivity index is 2.05. The van der Waals surface area contributed by atoms with Crippen LogP contribution in [0.1, 0.15) is 47.8 Å². The van der Waals surface area contributed by atoms with Crippen molar-refractivity contribution in [3.8, 4) is 0 Å². The number of thiophene rings is 1. The standard InChI is InChI=1S/C14H21NO2S/c1-3-11-6-9-18-12(11)13(16)15(2)10-14(17)7-4-5-8-14/h6,9,17H,3-5,7-8,10H2,1-2H3. The number of hydrogen-bond acceptors (Lipinski definition) is 3. The van der Waals surface area contributed by atoms with Crippen molar-refractivity contribution in [2.75, 3.05) is 13.6 Å². The van der Waals surface area contributed by atoms with Gasteiger partial charge >= 0.3 is 0 Å². The zero-order valence-corrected chi connectivity index (χ0v) is 11.9. The number of nitrogens with zero attached hydrogens (tertiary/aromatic N) is 1. The third kappa shape index (κ3) is 2.75. The predicted octanol–water partition coefficient (Wildman–Crippen LogP) is 2.69. The highest BCUT2D eigenvalue weighted by Crippen LogP contribution is 2.30. The molecule has 18 heavy (non-hydrogen) atoms. The fourth-order valence-corrected chi connectivity index (χ4v) is 3.67. The van der Waals surface area contributed by atoms with Crippen LogP contribution in [0, 0.1) is 0 Å². The van der Waals surface area contributed by atoms with Crippen LogP contribution in [0.2, 0.25) is 0 Å². The number of likely N-dealkylation sites (N-methyl/N-ethyl adjacent to an activating group) is 1. The van der Waals surface area contributed by atoms with Crippen LogP contribution in [0.4, 0.5) is 0 Å². The molecule has 1 aliphatic carbocycles. The summed E-state index contributed by atoms with van der Waals surface area (Å²) in [6.45, 7) is 2.51. The molecule has 4 heteroatoms. The van der Waals surface area contributed by atoms with E-state index in [4.69, 9.17) is 0 Å². The Morgan fingerprint density at radius 3 is 2.78 bits per heavy atom. The third-order valence-corrected chi connectivity index (χ3v) is 4.68. The van der Waals surface area contributed by atoms with Gasteiger partial charge in [0.2, 0.25) is 0 Å². The van der Waals surface area contributed by atoms with Crippen molar-refractivity contribution in [3.63, 3.8) is 0 Å². The van der Waals surface area contributed by atoms with Gasteiger partial charge in [0.25, 0.3) is 5.91 Å². The molecule has 0 bridgehead atoms. The molecule has 1 N–H and O–H groups in total. The smallest absolute Gasteiger partial charge is 0.264 e. The second-order valence-electron chi connectivity index (χ2n) is 5.22. The van der Waals surface area contributed by atoms with Crippen LogP contribution in [-0.2, 0) is 6.42 Å². The number of hydrogen-bond donors (Lipinski definition) is 1. The van der Waals surface area contributed by atoms with Crippen LogP contribution in [0.5, 0.6) is 0 Å². The van der Waals surface area contributed by atoms with Crippen molar-refractivity contribution in [3.05, 3.63) is 21.9 Å². The molecule has 1 aromatic rings. The lowest BCUT2D eigenvalue weighted by molar-refractivity contribution is 0.0158. The van der Waals surface area contributed by atoms with Gasteiger partial charge in [-0.2, -0.15) is 0 Å². The third-order valence-electron chi connectivity index (χ3n) is 3.73. The molecule has 0 saturated heterocycles. The molecule has 1 aromatic heterocycles. The highest BCUT2D eigenvalue weighted by Gasteiger charge is 2.34. The van der Waals surface area contributed by atoms with E-state index in [9.17, 15) is 9.90 Å². The van der Waals surface area contributed by atoms with Gasteiger partial charge < -0.3 is 10.0 Å². The first kappa shape index (κ1) is 13.6. The number of aliphatic hydroxyl groups is 1. The van der Waals surface area contributed by atoms with Crippen LogP contribution < -0.4 is 0 Å². The summed E-state index contributed by atoms with van der Waals surface area (Å²) >= 11 is 1.49. The zero-order chi connectivity index (χ0) is 13.2. The molecule has 0 aliphatic heterocycles. The highest BCUT2D eigenvalue weighted by molar-refractivity contribution is 7.12. The van der Waals surface area contributed by atoms with Crippen LogP contribution in [-0.4, -0.2) is 35.1 Å². The number of rotatable bonds is 4. The average molecular weight is 267 g/mol. The van der Waals surface area contributed by atoms with Gasteiger partial charge in [-0.1, -0.05) is 19.8 Å². The fourth-order valence-electron chi connectivity index (χ4n) is 2.68. The fraction of sp³-hybridized carbons (Fsp3) is 0.643. The van der Waals surface area contributed by atoms with Crippen molar-refractivity contribution in [2.24, 2.45) is 0 Å². The molecule has 0 unspecified atom stereocenters. The van der Waals surface area contributed by atoms with Gasteiger partial charge in [0.1, 0.15) is 0 Å². The summed E-state index contributed by atoms with van der Waals surface area (Å²) in [7, 11) is 1.79. The van der Waals surface area contributed by atoms with Gasteiger partial charge in [-0.05, 0) is 36.3 Å². The van der Waals surface area contributed by atoms with Gasteiger partial charge in [0.15, 0.2) is 0 Å². The minimum absolute atomic E-state index is 0.0437. The van der Waals surface area contributed by atoms with E-state index in [0.29, 0.717) is 6.54 Å². The summed E-state index contributed by atoms with van der Waals surface area (Å²) in [5.74, 6) is 0.0437. The van der Waals surface area contributed by atoms with E-state index < -0.39 is 5.60 Å². The summed E-state index contributed by atoms with van der Waals surface area (Å²) < 4.78 is 0. The van der Waals surface area contributed by atoms with E-state index in [0.717, 1.165) is 42.5 Å². The monoisotopic (exact) mass is 267 g/mol. The van der Waals surface area contributed by atoms with Crippen molar-refractivity contribution >= 4 is 17.2 Å². The molecule has 1 aliphatic rings. The van der Waals surface area contributed by atoms with E-state index in [-0.39, 0.29) is 5.91 Å². The van der Waals surface area contributed by atoms with Gasteiger partial charge in [-0.15, -0.1) is 11.3 Å². The Hall–Kier alpha value is -0.870. The average Bonchev–Trinajstić information content (AvgIpc) is 2.96. The van der Waals surface area contributed by atoms with Crippen LogP contribution in [0.25, 0.3) is 0 Å². The maximum Gasteiger partial charge on any atom is 0.264 e. The molecule has 2 rings (SSSR count). The molecule has 1 amide bonds. The Kier molecular flexibility index (Phi) is 4.07. The number of amides is 1. The molecule has 0 aromatic carbocycles. The first-order valence-electron chi connectivity index (χ1n) is 6.60. The van der Waals surface area contributed by atoms with Crippen LogP contribution in [0.3, 0.4) is 0 Å². The summed E-state index contributed by atoms with van der Waals surface area (Å²) in [6, 6.07) is 2.01. The Labute approximate surface area is 112 Å². The number of carbonyl (C=O) groups is 1. The zero-order valence-electron chi connectivity index (χ0n) is 11.1. The lowest BCUT2D eigenvalue weighted by Gasteiger charge is -2.28. The van der Waals surface area contributed by atoms with E-state index >= 15 is 0 Å². The Morgan fingerprint density at radius 2 is 2.17 bits per heavy atom. The van der Waals surface area contributed by atoms with Crippen molar-refractivity contribution in [2.45, 2.75) is 44.6 Å². The molecule has 1 heterocycles. The number of carbonyl (C=O) groups excluding carboxylic acids is 1. The molecule has 1 fully saturated rings. The molecule has 0 atom stereocenters. The predicted molar refractivity (Wildman–Crippen MR) is 74.1 cm³/mol. The minimum Gasteiger partial charge on any atom is -0.388 e. The first-order valence-corrected chi connectivity index (χ1v) is 7.48. The van der Waals surface area contributed by atoms with Crippen molar-refractivity contribution in [1.29, 1.82) is 0 Å².